The van der Waals surface area contributed by atoms with Gasteiger partial charge in [-0.2, -0.15) is 0 Å². The fourth-order valence-corrected chi connectivity index (χ4v) is 4.55. The number of aromatic hydroxyl groups is 1. The monoisotopic (exact) mass is 446 g/mol. The van der Waals surface area contributed by atoms with Gasteiger partial charge in [-0.25, -0.2) is 9.97 Å². The highest BCUT2D eigenvalue weighted by atomic mass is 16.5. The summed E-state index contributed by atoms with van der Waals surface area (Å²) in [7, 11) is 0. The van der Waals surface area contributed by atoms with Crippen LogP contribution in [0.15, 0.2) is 42.7 Å². The van der Waals surface area contributed by atoms with Crippen LogP contribution in [0.2, 0.25) is 0 Å². The van der Waals surface area contributed by atoms with E-state index in [1.807, 2.05) is 18.2 Å². The fourth-order valence-electron chi connectivity index (χ4n) is 4.55. The molecule has 1 atom stereocenters. The van der Waals surface area contributed by atoms with Crippen LogP contribution in [0, 0.1) is 0 Å². The highest BCUT2D eigenvalue weighted by molar-refractivity contribution is 6.05. The maximum Gasteiger partial charge on any atom is 0.199 e. The maximum atomic E-state index is 10.7. The van der Waals surface area contributed by atoms with Crippen LogP contribution in [0.25, 0.3) is 33.1 Å². The van der Waals surface area contributed by atoms with Crippen molar-refractivity contribution >= 4 is 21.8 Å². The molecule has 0 saturated carbocycles. The van der Waals surface area contributed by atoms with Crippen molar-refractivity contribution in [2.24, 2.45) is 0 Å². The Morgan fingerprint density at radius 2 is 2.06 bits per heavy atom. The lowest BCUT2D eigenvalue weighted by Gasteiger charge is -2.23. The van der Waals surface area contributed by atoms with Crippen LogP contribution in [0.3, 0.4) is 0 Å². The van der Waals surface area contributed by atoms with Gasteiger partial charge in [0.05, 0.1) is 36.1 Å². The van der Waals surface area contributed by atoms with Gasteiger partial charge in [-0.3, -0.25) is 0 Å². The van der Waals surface area contributed by atoms with E-state index in [1.54, 1.807) is 6.33 Å². The van der Waals surface area contributed by atoms with Crippen LogP contribution in [0.1, 0.15) is 31.7 Å². The van der Waals surface area contributed by atoms with Crippen molar-refractivity contribution in [3.05, 3.63) is 48.3 Å². The Labute approximate surface area is 193 Å². The van der Waals surface area contributed by atoms with Crippen LogP contribution in [-0.4, -0.2) is 52.5 Å². The van der Waals surface area contributed by atoms with E-state index in [0.29, 0.717) is 17.9 Å². The summed E-state index contributed by atoms with van der Waals surface area (Å²) in [6, 6.07) is 12.1. The number of nitrogens with one attached hydrogen (secondary N) is 2. The van der Waals surface area contributed by atoms with Crippen molar-refractivity contribution in [1.82, 2.24) is 20.3 Å². The second kappa shape index (κ2) is 9.77. The topological polar surface area (TPSA) is 92.3 Å². The molecular formula is C26H30N4O3. The number of morpholine rings is 1. The fraction of sp³-hybridized carbons (Fsp3) is 0.385. The Balaban J connectivity index is 1.36. The van der Waals surface area contributed by atoms with Crippen molar-refractivity contribution in [3.63, 3.8) is 0 Å². The number of aromatic nitrogens is 3. The van der Waals surface area contributed by atoms with Crippen LogP contribution in [0.5, 0.6) is 11.6 Å². The lowest BCUT2D eigenvalue weighted by molar-refractivity contribution is 0.0204. The number of ether oxygens (including phenoxy) is 2. The van der Waals surface area contributed by atoms with Crippen molar-refractivity contribution in [2.75, 3.05) is 26.3 Å². The molecule has 3 N–H and O–H groups in total. The molecule has 4 aromatic rings. The maximum absolute atomic E-state index is 10.7. The molecule has 0 spiro atoms. The van der Waals surface area contributed by atoms with Crippen LogP contribution in [0.4, 0.5) is 0 Å². The number of benzene rings is 2. The standard InChI is InChI=1S/C26H30N4O3/c1-2-4-17-6-8-20-23(13-17)30-26(31)24(20)25-21-9-7-18(14-22(21)28-16-29-25)32-11-3-5-19-15-27-10-12-33-19/h6-9,13-14,16,19,27,30-31H,2-5,10-12,15H2,1H3. The van der Waals surface area contributed by atoms with Crippen LogP contribution in [-0.2, 0) is 11.2 Å². The number of fused-ring (bicyclic) bond motifs is 2. The third-order valence-corrected chi connectivity index (χ3v) is 6.17. The van der Waals surface area contributed by atoms with E-state index in [4.69, 9.17) is 9.47 Å². The summed E-state index contributed by atoms with van der Waals surface area (Å²) < 4.78 is 11.7. The molecule has 1 unspecified atom stereocenters. The van der Waals surface area contributed by atoms with Gasteiger partial charge in [-0.15, -0.1) is 0 Å². The number of nitrogens with zero attached hydrogens (tertiary/aromatic N) is 2. The molecule has 7 nitrogen and oxygen atoms in total. The van der Waals surface area contributed by atoms with Gasteiger partial charge in [0, 0.05) is 35.4 Å². The Morgan fingerprint density at radius 3 is 2.91 bits per heavy atom. The predicted octanol–water partition coefficient (Wildman–Crippen LogP) is 4.58. The molecule has 7 heteroatoms. The Morgan fingerprint density at radius 1 is 1.15 bits per heavy atom. The molecule has 0 aliphatic carbocycles. The molecule has 0 amide bonds. The molecule has 5 rings (SSSR count). The zero-order valence-electron chi connectivity index (χ0n) is 18.9. The zero-order valence-corrected chi connectivity index (χ0v) is 18.9. The van der Waals surface area contributed by atoms with Crippen molar-refractivity contribution in [2.45, 2.75) is 38.7 Å². The lowest BCUT2D eigenvalue weighted by Crippen LogP contribution is -2.38. The molecule has 1 aliphatic heterocycles. The number of H-pyrrole nitrogens is 1. The number of aromatic amines is 1. The highest BCUT2D eigenvalue weighted by Crippen LogP contribution is 2.39. The smallest absolute Gasteiger partial charge is 0.199 e. The summed E-state index contributed by atoms with van der Waals surface area (Å²) in [6.07, 6.45) is 5.82. The second-order valence-corrected chi connectivity index (χ2v) is 8.57. The molecular weight excluding hydrogens is 416 g/mol. The summed E-state index contributed by atoms with van der Waals surface area (Å²) in [5.74, 6) is 0.903. The molecule has 0 bridgehead atoms. The first-order chi connectivity index (χ1) is 16.2. The third-order valence-electron chi connectivity index (χ3n) is 6.17. The first-order valence-electron chi connectivity index (χ1n) is 11.8. The van der Waals surface area contributed by atoms with Crippen molar-refractivity contribution in [3.8, 4) is 22.9 Å². The minimum absolute atomic E-state index is 0.124. The average molecular weight is 447 g/mol. The van der Waals surface area contributed by atoms with Crippen molar-refractivity contribution in [1.29, 1.82) is 0 Å². The molecule has 1 fully saturated rings. The van der Waals surface area contributed by atoms with Gasteiger partial charge in [-0.05, 0) is 43.0 Å². The SMILES string of the molecule is CCCc1ccc2c(-c3ncnc4cc(OCCCC5CNCCO5)ccc34)c(O)[nH]c2c1. The summed E-state index contributed by atoms with van der Waals surface area (Å²) in [4.78, 5) is 12.1. The Bertz CT molecular complexity index is 1250. The largest absolute Gasteiger partial charge is 0.494 e. The van der Waals surface area contributed by atoms with Gasteiger partial charge < -0.3 is 24.9 Å². The van der Waals surface area contributed by atoms with Crippen molar-refractivity contribution < 1.29 is 14.6 Å². The number of rotatable bonds is 8. The normalized spacial score (nSPS) is 16.5. The number of hydrogen-bond donors (Lipinski definition) is 3. The van der Waals surface area contributed by atoms with Gasteiger partial charge >= 0.3 is 0 Å². The number of hydrogen-bond acceptors (Lipinski definition) is 6. The molecule has 2 aromatic carbocycles. The molecule has 172 valence electrons. The predicted molar refractivity (Wildman–Crippen MR) is 130 cm³/mol. The molecule has 2 aromatic heterocycles. The summed E-state index contributed by atoms with van der Waals surface area (Å²) >= 11 is 0. The Kier molecular flexibility index (Phi) is 6.41. The van der Waals surface area contributed by atoms with Gasteiger partial charge in [-0.1, -0.05) is 25.5 Å². The lowest BCUT2D eigenvalue weighted by atomic mass is 10.0. The van der Waals surface area contributed by atoms with E-state index in [1.165, 1.54) is 5.56 Å². The average Bonchev–Trinajstić information content (AvgIpc) is 3.17. The first-order valence-corrected chi connectivity index (χ1v) is 11.8. The summed E-state index contributed by atoms with van der Waals surface area (Å²) in [6.45, 7) is 5.42. The van der Waals surface area contributed by atoms with E-state index in [2.05, 4.69) is 45.4 Å². The minimum Gasteiger partial charge on any atom is -0.494 e. The van der Waals surface area contributed by atoms with E-state index in [9.17, 15) is 5.11 Å². The highest BCUT2D eigenvalue weighted by Gasteiger charge is 2.18. The summed E-state index contributed by atoms with van der Waals surface area (Å²) in [5.41, 5.74) is 4.36. The third kappa shape index (κ3) is 4.65. The molecule has 33 heavy (non-hydrogen) atoms. The van der Waals surface area contributed by atoms with E-state index in [-0.39, 0.29) is 12.0 Å². The van der Waals surface area contributed by atoms with Crippen LogP contribution < -0.4 is 10.1 Å². The van der Waals surface area contributed by atoms with Gasteiger partial charge in [0.1, 0.15) is 12.1 Å². The molecule has 0 radical (unpaired) electrons. The van der Waals surface area contributed by atoms with Gasteiger partial charge in [0.25, 0.3) is 0 Å². The quantitative estimate of drug-likeness (QED) is 0.343. The zero-order chi connectivity index (χ0) is 22.6. The second-order valence-electron chi connectivity index (χ2n) is 8.57. The van der Waals surface area contributed by atoms with E-state index >= 15 is 0 Å². The molecule has 1 saturated heterocycles. The van der Waals surface area contributed by atoms with E-state index in [0.717, 1.165) is 72.9 Å². The van der Waals surface area contributed by atoms with Gasteiger partial charge in [0.2, 0.25) is 0 Å². The number of aryl methyl sites for hydroxylation is 1. The summed E-state index contributed by atoms with van der Waals surface area (Å²) in [5, 5.41) is 15.9. The Hall–Kier alpha value is -3.16. The van der Waals surface area contributed by atoms with Crippen LogP contribution >= 0.6 is 0 Å². The first kappa shape index (κ1) is 21.7. The van der Waals surface area contributed by atoms with Gasteiger partial charge in [0.15, 0.2) is 5.88 Å². The molecule has 1 aliphatic rings. The molecule has 3 heterocycles. The minimum atomic E-state index is 0.124. The van der Waals surface area contributed by atoms with E-state index < -0.39 is 0 Å².